The molecule has 2 aromatic carbocycles. The minimum Gasteiger partial charge on any atom is -0.307 e. The van der Waals surface area contributed by atoms with E-state index >= 15 is 0 Å². The highest BCUT2D eigenvalue weighted by molar-refractivity contribution is 6.04. The number of carbonyl (C=O) groups excluding carboxylic acids is 1. The second-order valence-electron chi connectivity index (χ2n) is 6.38. The summed E-state index contributed by atoms with van der Waals surface area (Å²) in [5, 5.41) is 11.8. The van der Waals surface area contributed by atoms with E-state index in [1.54, 1.807) is 24.3 Å². The Hall–Kier alpha value is -3.13. The fourth-order valence-electron chi connectivity index (χ4n) is 3.53. The van der Waals surface area contributed by atoms with E-state index in [4.69, 9.17) is 5.26 Å². The molecular weight excluding hydrogens is 312 g/mol. The maximum Gasteiger partial charge on any atom is 0.257 e. The van der Waals surface area contributed by atoms with Crippen LogP contribution in [0, 0.1) is 11.3 Å². The molecular formula is C20H18N4O. The van der Waals surface area contributed by atoms with Crippen molar-refractivity contribution in [2.24, 2.45) is 0 Å². The molecule has 0 spiro atoms. The lowest BCUT2D eigenvalue weighted by Gasteiger charge is -2.16. The Morgan fingerprint density at radius 1 is 1.12 bits per heavy atom. The first-order valence-corrected chi connectivity index (χ1v) is 8.55. The summed E-state index contributed by atoms with van der Waals surface area (Å²) in [4.78, 5) is 17.2. The van der Waals surface area contributed by atoms with Gasteiger partial charge < -0.3 is 4.57 Å². The first-order valence-electron chi connectivity index (χ1n) is 8.55. The summed E-state index contributed by atoms with van der Waals surface area (Å²) in [6.45, 7) is 0. The molecule has 0 aliphatic heterocycles. The number of fused-ring (bicyclic) bond motifs is 1. The van der Waals surface area contributed by atoms with Gasteiger partial charge in [-0.05, 0) is 49.2 Å². The number of hydrogen-bond acceptors (Lipinski definition) is 3. The number of amides is 1. The third-order valence-corrected chi connectivity index (χ3v) is 4.79. The first-order chi connectivity index (χ1) is 12.3. The lowest BCUT2D eigenvalue weighted by Crippen LogP contribution is -2.17. The maximum absolute atomic E-state index is 12.6. The fourth-order valence-corrected chi connectivity index (χ4v) is 3.53. The summed E-state index contributed by atoms with van der Waals surface area (Å²) < 4.78 is 2.17. The number of nitriles is 1. The first kappa shape index (κ1) is 15.4. The van der Waals surface area contributed by atoms with Crippen LogP contribution in [0.1, 0.15) is 47.6 Å². The number of carbonyl (C=O) groups is 1. The SMILES string of the molecule is N#Cc1ccc(C(=O)Nc2nc3ccccc3n2C2CCCC2)cc1. The van der Waals surface area contributed by atoms with Crippen LogP contribution >= 0.6 is 0 Å². The van der Waals surface area contributed by atoms with Crippen molar-refractivity contribution in [3.05, 3.63) is 59.7 Å². The molecule has 4 rings (SSSR count). The predicted octanol–water partition coefficient (Wildman–Crippen LogP) is 4.28. The number of nitrogens with zero attached hydrogens (tertiary/aromatic N) is 3. The average Bonchev–Trinajstić information content (AvgIpc) is 3.28. The molecule has 5 heteroatoms. The van der Waals surface area contributed by atoms with Crippen molar-refractivity contribution in [2.75, 3.05) is 5.32 Å². The monoisotopic (exact) mass is 330 g/mol. The van der Waals surface area contributed by atoms with Crippen LogP contribution in [0.4, 0.5) is 5.95 Å². The smallest absolute Gasteiger partial charge is 0.257 e. The number of hydrogen-bond donors (Lipinski definition) is 1. The largest absolute Gasteiger partial charge is 0.307 e. The molecule has 1 aromatic heterocycles. The van der Waals surface area contributed by atoms with E-state index in [9.17, 15) is 4.79 Å². The van der Waals surface area contributed by atoms with Crippen LogP contribution in [0.3, 0.4) is 0 Å². The van der Waals surface area contributed by atoms with Gasteiger partial charge in [0.05, 0.1) is 22.7 Å². The van der Waals surface area contributed by atoms with Crippen LogP contribution in [0.2, 0.25) is 0 Å². The van der Waals surface area contributed by atoms with Crippen LogP contribution in [0.5, 0.6) is 0 Å². The number of benzene rings is 2. The molecule has 1 heterocycles. The van der Waals surface area contributed by atoms with Gasteiger partial charge in [0.2, 0.25) is 5.95 Å². The quantitative estimate of drug-likeness (QED) is 0.779. The number of aromatic nitrogens is 2. The summed E-state index contributed by atoms with van der Waals surface area (Å²) in [5.74, 6) is 0.390. The van der Waals surface area contributed by atoms with Crippen molar-refractivity contribution in [3.63, 3.8) is 0 Å². The molecule has 0 radical (unpaired) electrons. The van der Waals surface area contributed by atoms with Crippen molar-refractivity contribution in [2.45, 2.75) is 31.7 Å². The predicted molar refractivity (Wildman–Crippen MR) is 96.3 cm³/mol. The van der Waals surface area contributed by atoms with E-state index in [-0.39, 0.29) is 5.91 Å². The number of para-hydroxylation sites is 2. The second kappa shape index (κ2) is 6.40. The molecule has 1 N–H and O–H groups in total. The van der Waals surface area contributed by atoms with E-state index < -0.39 is 0 Å². The Bertz CT molecular complexity index is 960. The van der Waals surface area contributed by atoms with Gasteiger partial charge in [-0.1, -0.05) is 25.0 Å². The molecule has 1 amide bonds. The normalized spacial score (nSPS) is 14.5. The topological polar surface area (TPSA) is 70.7 Å². The van der Waals surface area contributed by atoms with E-state index in [0.717, 1.165) is 23.9 Å². The van der Waals surface area contributed by atoms with E-state index in [1.807, 2.05) is 18.2 Å². The van der Waals surface area contributed by atoms with Crippen LogP contribution in [-0.4, -0.2) is 15.5 Å². The second-order valence-corrected chi connectivity index (χ2v) is 6.38. The molecule has 1 fully saturated rings. The van der Waals surface area contributed by atoms with Crippen LogP contribution < -0.4 is 5.32 Å². The third-order valence-electron chi connectivity index (χ3n) is 4.79. The van der Waals surface area contributed by atoms with Gasteiger partial charge in [-0.2, -0.15) is 5.26 Å². The molecule has 0 saturated heterocycles. The van der Waals surface area contributed by atoms with Gasteiger partial charge >= 0.3 is 0 Å². The Morgan fingerprint density at radius 2 is 1.84 bits per heavy atom. The van der Waals surface area contributed by atoms with Gasteiger partial charge in [0.25, 0.3) is 5.91 Å². The molecule has 25 heavy (non-hydrogen) atoms. The van der Waals surface area contributed by atoms with Gasteiger partial charge in [0.1, 0.15) is 0 Å². The standard InChI is InChI=1S/C20H18N4O/c21-13-14-9-11-15(12-10-14)19(25)23-20-22-17-7-3-4-8-18(17)24(20)16-5-1-2-6-16/h3-4,7-12,16H,1-2,5-6H2,(H,22,23,25). The molecule has 1 saturated carbocycles. The zero-order chi connectivity index (χ0) is 17.2. The summed E-state index contributed by atoms with van der Waals surface area (Å²) in [7, 11) is 0. The molecule has 124 valence electrons. The Balaban J connectivity index is 1.69. The van der Waals surface area contributed by atoms with E-state index in [0.29, 0.717) is 23.1 Å². The summed E-state index contributed by atoms with van der Waals surface area (Å²) in [5.41, 5.74) is 3.01. The highest BCUT2D eigenvalue weighted by Gasteiger charge is 2.23. The fraction of sp³-hybridized carbons (Fsp3) is 0.250. The number of rotatable bonds is 3. The van der Waals surface area contributed by atoms with Gasteiger partial charge in [-0.15, -0.1) is 0 Å². The number of anilines is 1. The molecule has 3 aromatic rings. The summed E-state index contributed by atoms with van der Waals surface area (Å²) in [6, 6.07) is 17.0. The maximum atomic E-state index is 12.6. The highest BCUT2D eigenvalue weighted by Crippen LogP contribution is 2.35. The lowest BCUT2D eigenvalue weighted by atomic mass is 10.1. The van der Waals surface area contributed by atoms with Gasteiger partial charge in [0, 0.05) is 11.6 Å². The molecule has 0 bridgehead atoms. The Morgan fingerprint density at radius 3 is 2.56 bits per heavy atom. The average molecular weight is 330 g/mol. The minimum absolute atomic E-state index is 0.209. The van der Waals surface area contributed by atoms with Crippen molar-refractivity contribution in [3.8, 4) is 6.07 Å². The number of nitrogens with one attached hydrogen (secondary N) is 1. The van der Waals surface area contributed by atoms with Gasteiger partial charge in [0.15, 0.2) is 0 Å². The molecule has 0 atom stereocenters. The summed E-state index contributed by atoms with van der Waals surface area (Å²) >= 11 is 0. The van der Waals surface area contributed by atoms with Crippen LogP contribution in [-0.2, 0) is 0 Å². The summed E-state index contributed by atoms with van der Waals surface area (Å²) in [6.07, 6.45) is 4.64. The minimum atomic E-state index is -0.209. The zero-order valence-electron chi connectivity index (χ0n) is 13.8. The van der Waals surface area contributed by atoms with E-state index in [1.165, 1.54) is 12.8 Å². The van der Waals surface area contributed by atoms with Crippen molar-refractivity contribution >= 4 is 22.9 Å². The van der Waals surface area contributed by atoms with Gasteiger partial charge in [-0.3, -0.25) is 10.1 Å². The van der Waals surface area contributed by atoms with Crippen LogP contribution in [0.15, 0.2) is 48.5 Å². The molecule has 1 aliphatic rings. The van der Waals surface area contributed by atoms with Crippen molar-refractivity contribution < 1.29 is 4.79 Å². The highest BCUT2D eigenvalue weighted by atomic mass is 16.1. The van der Waals surface area contributed by atoms with Crippen LogP contribution in [0.25, 0.3) is 11.0 Å². The molecule has 0 unspecified atom stereocenters. The molecule has 5 nitrogen and oxygen atoms in total. The van der Waals surface area contributed by atoms with Crippen molar-refractivity contribution in [1.82, 2.24) is 9.55 Å². The van der Waals surface area contributed by atoms with Gasteiger partial charge in [-0.25, -0.2) is 4.98 Å². The van der Waals surface area contributed by atoms with Crippen molar-refractivity contribution in [1.29, 1.82) is 5.26 Å². The molecule has 1 aliphatic carbocycles. The Kier molecular flexibility index (Phi) is 3.95. The van der Waals surface area contributed by atoms with E-state index in [2.05, 4.69) is 27.0 Å². The third kappa shape index (κ3) is 2.87. The Labute approximate surface area is 145 Å². The lowest BCUT2D eigenvalue weighted by molar-refractivity contribution is 0.102. The zero-order valence-corrected chi connectivity index (χ0v) is 13.8. The number of imidazole rings is 1.